The van der Waals surface area contributed by atoms with Crippen molar-refractivity contribution in [3.63, 3.8) is 0 Å². The molecule has 1 fully saturated rings. The lowest BCUT2D eigenvalue weighted by molar-refractivity contribution is -0.143. The summed E-state index contributed by atoms with van der Waals surface area (Å²) >= 11 is 6.42. The van der Waals surface area contributed by atoms with Crippen molar-refractivity contribution in [3.8, 4) is 22.6 Å². The van der Waals surface area contributed by atoms with Gasteiger partial charge in [0.25, 0.3) is 5.91 Å². The van der Waals surface area contributed by atoms with Gasteiger partial charge in [-0.3, -0.25) is 14.5 Å². The Morgan fingerprint density at radius 1 is 0.938 bits per heavy atom. The van der Waals surface area contributed by atoms with Crippen LogP contribution in [-0.4, -0.2) is 71.5 Å². The fraction of sp³-hybridized carbons (Fsp3) is 0.303. The summed E-state index contributed by atoms with van der Waals surface area (Å²) < 4.78 is 93.2. The van der Waals surface area contributed by atoms with E-state index in [1.54, 1.807) is 24.3 Å². The zero-order valence-corrected chi connectivity index (χ0v) is 27.3. The molecule has 0 atom stereocenters. The van der Waals surface area contributed by atoms with Crippen LogP contribution < -0.4 is 9.47 Å². The van der Waals surface area contributed by atoms with E-state index in [0.29, 0.717) is 36.4 Å². The van der Waals surface area contributed by atoms with E-state index >= 15 is 0 Å². The van der Waals surface area contributed by atoms with Crippen LogP contribution in [0.5, 0.6) is 11.5 Å². The molecule has 4 rings (SSSR count). The Kier molecular flexibility index (Phi) is 11.8. The van der Waals surface area contributed by atoms with Crippen molar-refractivity contribution in [3.05, 3.63) is 87.8 Å². The number of rotatable bonds is 13. The fourth-order valence-corrected chi connectivity index (χ4v) is 5.90. The van der Waals surface area contributed by atoms with E-state index in [1.165, 1.54) is 29.2 Å². The van der Waals surface area contributed by atoms with Gasteiger partial charge >= 0.3 is 18.3 Å². The number of halogens is 6. The summed E-state index contributed by atoms with van der Waals surface area (Å²) in [6.07, 6.45) is -8.35. The molecule has 15 heteroatoms. The van der Waals surface area contributed by atoms with Crippen molar-refractivity contribution in [2.45, 2.75) is 25.2 Å². The highest BCUT2D eigenvalue weighted by Gasteiger charge is 2.37. The average molecular weight is 713 g/mol. The number of hydrogen-bond acceptors (Lipinski definition) is 7. The number of carboxylic acid groups (broad SMARTS) is 1. The maximum absolute atomic E-state index is 13.6. The van der Waals surface area contributed by atoms with Gasteiger partial charge in [-0.1, -0.05) is 42.2 Å². The predicted octanol–water partition coefficient (Wildman–Crippen LogP) is 7.63. The van der Waals surface area contributed by atoms with E-state index in [2.05, 4.69) is 0 Å². The van der Waals surface area contributed by atoms with Gasteiger partial charge in [0.05, 0.1) is 29.1 Å². The monoisotopic (exact) mass is 712 g/mol. The number of likely N-dealkylation sites (N-methyl/N-ethyl adjacent to an activating group) is 1. The molecule has 0 aromatic heterocycles. The topological polar surface area (TPSA) is 79.3 Å². The number of ether oxygens (including phenoxy) is 2. The van der Waals surface area contributed by atoms with Crippen LogP contribution in [0.2, 0.25) is 0 Å². The van der Waals surface area contributed by atoms with Crippen molar-refractivity contribution >= 4 is 46.3 Å². The number of carbonyl (C=O) groups excluding carboxylic acids is 1. The van der Waals surface area contributed by atoms with E-state index in [0.717, 1.165) is 11.8 Å². The highest BCUT2D eigenvalue weighted by Crippen LogP contribution is 2.40. The van der Waals surface area contributed by atoms with Crippen molar-refractivity contribution < 1.29 is 50.5 Å². The van der Waals surface area contributed by atoms with Crippen molar-refractivity contribution in [1.29, 1.82) is 0 Å². The van der Waals surface area contributed by atoms with Gasteiger partial charge in [-0.15, -0.1) is 0 Å². The Bertz CT molecular complexity index is 1680. The fourth-order valence-electron chi connectivity index (χ4n) is 4.60. The smallest absolute Gasteiger partial charge is 0.416 e. The first-order valence-electron chi connectivity index (χ1n) is 14.4. The summed E-state index contributed by atoms with van der Waals surface area (Å²) in [7, 11) is 3.65. The maximum atomic E-state index is 13.6. The lowest BCUT2D eigenvalue weighted by Crippen LogP contribution is -2.29. The second-order valence-electron chi connectivity index (χ2n) is 11.0. The van der Waals surface area contributed by atoms with Crippen LogP contribution in [-0.2, 0) is 28.4 Å². The van der Waals surface area contributed by atoms with Gasteiger partial charge in [0, 0.05) is 18.7 Å². The third-order valence-corrected chi connectivity index (χ3v) is 8.31. The van der Waals surface area contributed by atoms with E-state index < -0.39 is 35.4 Å². The molecule has 7 nitrogen and oxygen atoms in total. The number of hydrogen-bond donors (Lipinski definition) is 1. The van der Waals surface area contributed by atoms with Crippen LogP contribution in [0.25, 0.3) is 17.2 Å². The van der Waals surface area contributed by atoms with E-state index in [4.69, 9.17) is 26.8 Å². The highest BCUT2D eigenvalue weighted by molar-refractivity contribution is 8.26. The molecule has 0 spiro atoms. The molecular weight excluding hydrogens is 682 g/mol. The largest absolute Gasteiger partial charge is 0.494 e. The van der Waals surface area contributed by atoms with Crippen molar-refractivity contribution in [2.75, 3.05) is 40.4 Å². The Morgan fingerprint density at radius 3 is 2.25 bits per heavy atom. The number of alkyl halides is 6. The van der Waals surface area contributed by atoms with E-state index in [-0.39, 0.29) is 63.9 Å². The third-order valence-electron chi connectivity index (χ3n) is 6.94. The number of nitrogens with zero attached hydrogens (tertiary/aromatic N) is 2. The molecule has 0 saturated carbocycles. The van der Waals surface area contributed by atoms with Crippen LogP contribution >= 0.6 is 24.0 Å². The van der Waals surface area contributed by atoms with Crippen LogP contribution in [0.4, 0.5) is 26.3 Å². The van der Waals surface area contributed by atoms with Crippen LogP contribution in [0.15, 0.2) is 65.6 Å². The number of thioether (sulfide) groups is 1. The summed E-state index contributed by atoms with van der Waals surface area (Å²) in [6, 6.07) is 12.2. The van der Waals surface area contributed by atoms with Crippen molar-refractivity contribution in [1.82, 2.24) is 9.80 Å². The first-order valence-corrected chi connectivity index (χ1v) is 15.6. The lowest BCUT2D eigenvalue weighted by atomic mass is 9.97. The van der Waals surface area contributed by atoms with Crippen LogP contribution in [0.3, 0.4) is 0 Å². The van der Waals surface area contributed by atoms with Gasteiger partial charge in [-0.25, -0.2) is 0 Å². The molecule has 1 aliphatic rings. The molecule has 0 unspecified atom stereocenters. The Labute approximate surface area is 282 Å². The summed E-state index contributed by atoms with van der Waals surface area (Å²) in [6.45, 7) is 1.13. The summed E-state index contributed by atoms with van der Waals surface area (Å²) in [5.41, 5.74) is -2.31. The molecular formula is C33H30F6N2O5S2. The minimum atomic E-state index is -5.02. The molecule has 48 heavy (non-hydrogen) atoms. The van der Waals surface area contributed by atoms with Crippen molar-refractivity contribution in [2.24, 2.45) is 0 Å². The van der Waals surface area contributed by atoms with E-state index in [1.807, 2.05) is 19.0 Å². The molecule has 1 saturated heterocycles. The Morgan fingerprint density at radius 2 is 1.62 bits per heavy atom. The molecule has 1 heterocycles. The van der Waals surface area contributed by atoms with E-state index in [9.17, 15) is 35.9 Å². The minimum Gasteiger partial charge on any atom is -0.494 e. The van der Waals surface area contributed by atoms with Gasteiger partial charge in [0.1, 0.15) is 22.4 Å². The SMILES string of the molecule is CN(C)CCOc1ccc(-c2cc(C(F)(F)F)cc(C(F)(F)F)c2)cc1C=C1SC(=S)N(CCCOc2cccc(CC(=O)O)c2)C1=O. The van der Waals surface area contributed by atoms with Gasteiger partial charge in [-0.2, -0.15) is 26.3 Å². The zero-order chi connectivity index (χ0) is 35.2. The van der Waals surface area contributed by atoms with Gasteiger partial charge < -0.3 is 19.5 Å². The predicted molar refractivity (Wildman–Crippen MR) is 174 cm³/mol. The molecule has 1 N–H and O–H groups in total. The van der Waals surface area contributed by atoms with Crippen LogP contribution in [0, 0.1) is 0 Å². The molecule has 0 bridgehead atoms. The first kappa shape index (κ1) is 36.8. The zero-order valence-electron chi connectivity index (χ0n) is 25.7. The number of aliphatic carboxylic acids is 1. The maximum Gasteiger partial charge on any atom is 0.416 e. The molecule has 256 valence electrons. The van der Waals surface area contributed by atoms with Crippen LogP contribution in [0.1, 0.15) is 28.7 Å². The normalized spacial score (nSPS) is 14.7. The molecule has 1 aliphatic heterocycles. The second kappa shape index (κ2) is 15.4. The molecule has 0 aliphatic carbocycles. The minimum absolute atomic E-state index is 0.0536. The van der Waals surface area contributed by atoms with Gasteiger partial charge in [0.2, 0.25) is 0 Å². The number of benzene rings is 3. The van der Waals surface area contributed by atoms with Gasteiger partial charge in [0.15, 0.2) is 0 Å². The molecule has 0 radical (unpaired) electrons. The highest BCUT2D eigenvalue weighted by atomic mass is 32.2. The quantitative estimate of drug-likeness (QED) is 0.0840. The number of thiocarbonyl (C=S) groups is 1. The lowest BCUT2D eigenvalue weighted by Gasteiger charge is -2.17. The standard InChI is InChI=1S/C33H30F6N2O5S2/c1-40(2)10-12-46-27-8-7-21(22-16-24(32(34,35)36)19-25(17-22)33(37,38)39)15-23(27)18-28-30(44)41(31(47)48-28)9-4-11-45-26-6-3-5-20(13-26)14-29(42)43/h3,5-8,13,15-19H,4,9-12,14H2,1-2H3,(H,42,43). The Hall–Kier alpha value is -4.08. The molecule has 1 amide bonds. The number of amides is 1. The summed E-state index contributed by atoms with van der Waals surface area (Å²) in [5, 5.41) is 8.99. The number of carboxylic acids is 1. The van der Waals surface area contributed by atoms with Gasteiger partial charge in [-0.05, 0) is 85.7 Å². The first-order chi connectivity index (χ1) is 22.5. The summed E-state index contributed by atoms with van der Waals surface area (Å²) in [4.78, 5) is 27.8. The summed E-state index contributed by atoms with van der Waals surface area (Å²) in [5.74, 6) is -0.660. The second-order valence-corrected chi connectivity index (χ2v) is 12.6. The molecule has 3 aromatic carbocycles. The number of carbonyl (C=O) groups is 2. The average Bonchev–Trinajstić information content (AvgIpc) is 3.25. The Balaban J connectivity index is 1.57. The molecule has 3 aromatic rings. The third kappa shape index (κ3) is 9.97.